The molecular weight excluding hydrogens is 224 g/mol. The van der Waals surface area contributed by atoms with E-state index in [-0.39, 0.29) is 11.2 Å². The second-order valence-electron chi connectivity index (χ2n) is 3.22. The number of nitrogens with two attached hydrogens (primary N) is 1. The Morgan fingerprint density at radius 2 is 1.88 bits per heavy atom. The predicted octanol–water partition coefficient (Wildman–Crippen LogP) is 2.97. The molecule has 2 rings (SSSR count). The SMILES string of the molecule is Nc1ncc(C(F)(F)F)c2c(F)cccc12. The smallest absolute Gasteiger partial charge is 0.383 e. The third-order valence-corrected chi connectivity index (χ3v) is 2.20. The molecule has 0 amide bonds. The first-order chi connectivity index (χ1) is 7.41. The topological polar surface area (TPSA) is 38.9 Å². The van der Waals surface area contributed by atoms with Crippen LogP contribution in [0.25, 0.3) is 10.8 Å². The van der Waals surface area contributed by atoms with Crippen LogP contribution in [0.3, 0.4) is 0 Å². The molecule has 16 heavy (non-hydrogen) atoms. The van der Waals surface area contributed by atoms with Gasteiger partial charge in [0.25, 0.3) is 0 Å². The van der Waals surface area contributed by atoms with Gasteiger partial charge in [-0.15, -0.1) is 0 Å². The van der Waals surface area contributed by atoms with Crippen LogP contribution in [0.1, 0.15) is 5.56 Å². The number of alkyl halides is 3. The fraction of sp³-hybridized carbons (Fsp3) is 0.100. The van der Waals surface area contributed by atoms with Gasteiger partial charge < -0.3 is 5.73 Å². The number of hydrogen-bond acceptors (Lipinski definition) is 2. The van der Waals surface area contributed by atoms with Crippen molar-refractivity contribution in [1.82, 2.24) is 4.98 Å². The average Bonchev–Trinajstić information content (AvgIpc) is 2.18. The van der Waals surface area contributed by atoms with Crippen LogP contribution in [0, 0.1) is 5.82 Å². The predicted molar refractivity (Wildman–Crippen MR) is 51.1 cm³/mol. The minimum absolute atomic E-state index is 0.0326. The number of nitrogens with zero attached hydrogens (tertiary/aromatic N) is 1. The Bertz CT molecular complexity index is 548. The molecule has 0 bridgehead atoms. The zero-order valence-electron chi connectivity index (χ0n) is 7.85. The van der Waals surface area contributed by atoms with E-state index in [0.29, 0.717) is 6.20 Å². The average molecular weight is 230 g/mol. The van der Waals surface area contributed by atoms with E-state index in [2.05, 4.69) is 4.98 Å². The van der Waals surface area contributed by atoms with Gasteiger partial charge in [0.15, 0.2) is 0 Å². The normalized spacial score (nSPS) is 12.0. The number of halogens is 4. The highest BCUT2D eigenvalue weighted by Crippen LogP contribution is 2.36. The zero-order chi connectivity index (χ0) is 11.9. The number of aromatic nitrogens is 1. The molecule has 1 heterocycles. The number of benzene rings is 1. The van der Waals surface area contributed by atoms with E-state index in [1.54, 1.807) is 0 Å². The number of fused-ring (bicyclic) bond motifs is 1. The molecule has 0 aliphatic carbocycles. The summed E-state index contributed by atoms with van der Waals surface area (Å²) in [6, 6.07) is 3.54. The maximum atomic E-state index is 13.4. The van der Waals surface area contributed by atoms with Crippen molar-refractivity contribution in [2.75, 3.05) is 5.73 Å². The number of hydrogen-bond donors (Lipinski definition) is 1. The molecule has 0 radical (unpaired) electrons. The van der Waals surface area contributed by atoms with Crippen molar-refractivity contribution in [3.05, 3.63) is 35.8 Å². The Hall–Kier alpha value is -1.85. The summed E-state index contributed by atoms with van der Waals surface area (Å²) in [6.45, 7) is 0. The van der Waals surface area contributed by atoms with E-state index >= 15 is 0 Å². The van der Waals surface area contributed by atoms with Gasteiger partial charge in [0.05, 0.1) is 5.56 Å². The summed E-state index contributed by atoms with van der Waals surface area (Å²) in [7, 11) is 0. The van der Waals surface area contributed by atoms with Crippen molar-refractivity contribution in [1.29, 1.82) is 0 Å². The van der Waals surface area contributed by atoms with Crippen molar-refractivity contribution in [2.45, 2.75) is 6.18 Å². The first-order valence-electron chi connectivity index (χ1n) is 4.31. The molecule has 0 saturated carbocycles. The quantitative estimate of drug-likeness (QED) is 0.706. The van der Waals surface area contributed by atoms with Gasteiger partial charge in [-0.2, -0.15) is 13.2 Å². The van der Waals surface area contributed by atoms with Crippen molar-refractivity contribution in [3.63, 3.8) is 0 Å². The summed E-state index contributed by atoms with van der Waals surface area (Å²) in [6.07, 6.45) is -4.11. The molecule has 2 nitrogen and oxygen atoms in total. The van der Waals surface area contributed by atoms with E-state index in [1.165, 1.54) is 12.1 Å². The van der Waals surface area contributed by atoms with Crippen LogP contribution in [0.4, 0.5) is 23.4 Å². The minimum atomic E-state index is -4.65. The molecule has 0 fully saturated rings. The highest BCUT2D eigenvalue weighted by Gasteiger charge is 2.34. The third-order valence-electron chi connectivity index (χ3n) is 2.20. The van der Waals surface area contributed by atoms with E-state index in [1.807, 2.05) is 0 Å². The van der Waals surface area contributed by atoms with Crippen LogP contribution in [0.15, 0.2) is 24.4 Å². The van der Waals surface area contributed by atoms with Gasteiger partial charge in [0.2, 0.25) is 0 Å². The summed E-state index contributed by atoms with van der Waals surface area (Å²) in [5.41, 5.74) is 4.28. The highest BCUT2D eigenvalue weighted by atomic mass is 19.4. The Balaban J connectivity index is 2.92. The molecule has 84 valence electrons. The molecule has 6 heteroatoms. The molecule has 2 N–H and O–H groups in total. The lowest BCUT2D eigenvalue weighted by Crippen LogP contribution is -2.08. The second kappa shape index (κ2) is 3.33. The van der Waals surface area contributed by atoms with Gasteiger partial charge >= 0.3 is 6.18 Å². The van der Waals surface area contributed by atoms with Crippen LogP contribution in [0.5, 0.6) is 0 Å². The lowest BCUT2D eigenvalue weighted by molar-refractivity contribution is -0.136. The Labute approximate surface area is 87.7 Å². The molecule has 0 unspecified atom stereocenters. The van der Waals surface area contributed by atoms with Crippen LogP contribution in [0.2, 0.25) is 0 Å². The molecular formula is C10H6F4N2. The highest BCUT2D eigenvalue weighted by molar-refractivity contribution is 5.93. The molecule has 0 atom stereocenters. The van der Waals surface area contributed by atoms with E-state index in [9.17, 15) is 17.6 Å². The number of pyridine rings is 1. The lowest BCUT2D eigenvalue weighted by Gasteiger charge is -2.11. The van der Waals surface area contributed by atoms with Crippen molar-refractivity contribution in [2.24, 2.45) is 0 Å². The molecule has 0 spiro atoms. The van der Waals surface area contributed by atoms with Gasteiger partial charge in [-0.25, -0.2) is 9.37 Å². The third kappa shape index (κ3) is 1.56. The van der Waals surface area contributed by atoms with E-state index < -0.39 is 22.9 Å². The van der Waals surface area contributed by atoms with E-state index in [0.717, 1.165) is 6.07 Å². The van der Waals surface area contributed by atoms with Gasteiger partial charge in [0.1, 0.15) is 11.6 Å². The maximum Gasteiger partial charge on any atom is 0.418 e. The van der Waals surface area contributed by atoms with Crippen molar-refractivity contribution >= 4 is 16.6 Å². The molecule has 0 saturated heterocycles. The number of rotatable bonds is 0. The van der Waals surface area contributed by atoms with Crippen molar-refractivity contribution < 1.29 is 17.6 Å². The number of anilines is 1. The summed E-state index contributed by atoms with van der Waals surface area (Å²) in [5.74, 6) is -1.08. The first kappa shape index (κ1) is 10.7. The van der Waals surface area contributed by atoms with Gasteiger partial charge in [-0.3, -0.25) is 0 Å². The zero-order valence-corrected chi connectivity index (χ0v) is 7.85. The summed E-state index contributed by atoms with van der Waals surface area (Å²) in [4.78, 5) is 3.41. The maximum absolute atomic E-state index is 13.4. The number of nitrogen functional groups attached to an aromatic ring is 1. The Kier molecular flexibility index (Phi) is 2.22. The molecule has 1 aromatic heterocycles. The molecule has 0 aliphatic rings. The van der Waals surface area contributed by atoms with Crippen LogP contribution >= 0.6 is 0 Å². The molecule has 0 aliphatic heterocycles. The second-order valence-corrected chi connectivity index (χ2v) is 3.22. The Morgan fingerprint density at radius 1 is 1.19 bits per heavy atom. The Morgan fingerprint density at radius 3 is 2.50 bits per heavy atom. The van der Waals surface area contributed by atoms with E-state index in [4.69, 9.17) is 5.73 Å². The van der Waals surface area contributed by atoms with Crippen LogP contribution in [-0.4, -0.2) is 4.98 Å². The van der Waals surface area contributed by atoms with Crippen LogP contribution in [-0.2, 0) is 6.18 Å². The van der Waals surface area contributed by atoms with Gasteiger partial charge in [-0.05, 0) is 6.07 Å². The summed E-state index contributed by atoms with van der Waals surface area (Å²) < 4.78 is 51.1. The fourth-order valence-electron chi connectivity index (χ4n) is 1.49. The molecule has 2 aromatic rings. The summed E-state index contributed by atoms with van der Waals surface area (Å²) >= 11 is 0. The lowest BCUT2D eigenvalue weighted by atomic mass is 10.1. The monoisotopic (exact) mass is 230 g/mol. The summed E-state index contributed by atoms with van der Waals surface area (Å²) in [5, 5.41) is -0.572. The fourth-order valence-corrected chi connectivity index (χ4v) is 1.49. The van der Waals surface area contributed by atoms with Gasteiger partial charge in [0, 0.05) is 17.0 Å². The standard InChI is InChI=1S/C10H6F4N2/c11-7-3-1-2-5-8(7)6(10(12,13)14)4-16-9(5)15/h1-4H,(H2,15,16). The van der Waals surface area contributed by atoms with Crippen molar-refractivity contribution in [3.8, 4) is 0 Å². The van der Waals surface area contributed by atoms with Crippen LogP contribution < -0.4 is 5.73 Å². The minimum Gasteiger partial charge on any atom is -0.383 e. The largest absolute Gasteiger partial charge is 0.418 e. The molecule has 1 aromatic carbocycles. The first-order valence-corrected chi connectivity index (χ1v) is 4.31. The van der Waals surface area contributed by atoms with Gasteiger partial charge in [-0.1, -0.05) is 12.1 Å².